The number of esters is 1. The Morgan fingerprint density at radius 2 is 1.70 bits per heavy atom. The number of carbonyl (C=O) groups is 2. The zero-order valence-corrected chi connectivity index (χ0v) is 19.6. The average molecular weight is 454 g/mol. The second-order valence-electron chi connectivity index (χ2n) is 6.40. The molecule has 1 amide bonds. The van der Waals surface area contributed by atoms with Crippen LogP contribution in [0.1, 0.15) is 30.4 Å². The van der Waals surface area contributed by atoms with Gasteiger partial charge in [0.25, 0.3) is 0 Å². The molecule has 0 saturated heterocycles. The van der Waals surface area contributed by atoms with Gasteiger partial charge in [-0.25, -0.2) is 4.79 Å². The molecular formula is C21H27NO6S2. The second-order valence-corrected chi connectivity index (χ2v) is 9.01. The third kappa shape index (κ3) is 5.82. The van der Waals surface area contributed by atoms with Crippen LogP contribution in [0.25, 0.3) is 10.4 Å². The minimum absolute atomic E-state index is 0.173. The lowest BCUT2D eigenvalue weighted by Crippen LogP contribution is -2.17. The predicted octanol–water partition coefficient (Wildman–Crippen LogP) is 4.70. The van der Waals surface area contributed by atoms with E-state index in [1.54, 1.807) is 25.1 Å². The van der Waals surface area contributed by atoms with E-state index in [4.69, 9.17) is 18.9 Å². The van der Waals surface area contributed by atoms with Gasteiger partial charge in [-0.15, -0.1) is 23.1 Å². The van der Waals surface area contributed by atoms with Crippen molar-refractivity contribution in [3.8, 4) is 27.7 Å². The maximum Gasteiger partial charge on any atom is 0.350 e. The molecule has 0 unspecified atom stereocenters. The number of ether oxygens (including phenoxy) is 4. The summed E-state index contributed by atoms with van der Waals surface area (Å²) in [5, 5.41) is 3.17. The summed E-state index contributed by atoms with van der Waals surface area (Å²) in [6, 6.07) is 5.35. The molecule has 0 aliphatic rings. The highest BCUT2D eigenvalue weighted by molar-refractivity contribution is 8.00. The van der Waals surface area contributed by atoms with Gasteiger partial charge in [-0.2, -0.15) is 0 Å². The van der Waals surface area contributed by atoms with Crippen molar-refractivity contribution >= 4 is 40.7 Å². The normalized spacial score (nSPS) is 10.6. The molecule has 1 aromatic heterocycles. The zero-order chi connectivity index (χ0) is 22.3. The Morgan fingerprint density at radius 1 is 1.07 bits per heavy atom. The summed E-state index contributed by atoms with van der Waals surface area (Å²) in [6.07, 6.45) is 0. The van der Waals surface area contributed by atoms with Crippen molar-refractivity contribution in [2.75, 3.05) is 39.0 Å². The molecule has 0 radical (unpaired) electrons. The first kappa shape index (κ1) is 23.9. The van der Waals surface area contributed by atoms with Crippen molar-refractivity contribution in [2.24, 2.45) is 0 Å². The van der Waals surface area contributed by atoms with E-state index in [1.807, 2.05) is 13.8 Å². The maximum atomic E-state index is 12.5. The van der Waals surface area contributed by atoms with E-state index in [1.165, 1.54) is 44.4 Å². The van der Waals surface area contributed by atoms with Crippen molar-refractivity contribution in [3.05, 3.63) is 23.1 Å². The highest BCUT2D eigenvalue weighted by atomic mass is 32.2. The molecule has 1 N–H and O–H groups in total. The third-order valence-corrected chi connectivity index (χ3v) is 6.22. The van der Waals surface area contributed by atoms with Crippen LogP contribution in [0.5, 0.6) is 17.2 Å². The molecule has 0 aliphatic heterocycles. The quantitative estimate of drug-likeness (QED) is 0.522. The standard InChI is InChI=1S/C21H27NO6S2/c1-7-28-21(24)20-14(22-18(23)11-29-12(2)3)10-17(30-20)13-8-15(25-4)19(27-6)16(9-13)26-5/h8-10,12H,7,11H2,1-6H3,(H,22,23). The Balaban J connectivity index is 2.46. The number of hydrogen-bond donors (Lipinski definition) is 1. The molecule has 2 aromatic rings. The van der Waals surface area contributed by atoms with E-state index in [0.717, 1.165) is 10.4 Å². The van der Waals surface area contributed by atoms with Gasteiger partial charge in [0.1, 0.15) is 4.88 Å². The van der Waals surface area contributed by atoms with Crippen molar-refractivity contribution in [1.82, 2.24) is 0 Å². The number of nitrogens with one attached hydrogen (secondary N) is 1. The molecule has 1 heterocycles. The van der Waals surface area contributed by atoms with E-state index >= 15 is 0 Å². The fraction of sp³-hybridized carbons (Fsp3) is 0.429. The number of amides is 1. The Morgan fingerprint density at radius 3 is 2.20 bits per heavy atom. The largest absolute Gasteiger partial charge is 0.493 e. The SMILES string of the molecule is CCOC(=O)c1sc(-c2cc(OC)c(OC)c(OC)c2)cc1NC(=O)CSC(C)C. The number of methoxy groups -OCH3 is 3. The lowest BCUT2D eigenvalue weighted by molar-refractivity contribution is -0.113. The monoisotopic (exact) mass is 453 g/mol. The van der Waals surface area contributed by atoms with E-state index in [2.05, 4.69) is 5.32 Å². The summed E-state index contributed by atoms with van der Waals surface area (Å²) in [5.41, 5.74) is 1.19. The molecule has 1 aromatic carbocycles. The van der Waals surface area contributed by atoms with Crippen LogP contribution in [0.3, 0.4) is 0 Å². The average Bonchev–Trinajstić information content (AvgIpc) is 3.15. The van der Waals surface area contributed by atoms with E-state index < -0.39 is 5.97 Å². The van der Waals surface area contributed by atoms with Gasteiger partial charge in [-0.1, -0.05) is 13.8 Å². The van der Waals surface area contributed by atoms with Gasteiger partial charge in [0.2, 0.25) is 11.7 Å². The summed E-state index contributed by atoms with van der Waals surface area (Å²) >= 11 is 2.76. The summed E-state index contributed by atoms with van der Waals surface area (Å²) in [7, 11) is 4.61. The van der Waals surface area contributed by atoms with Gasteiger partial charge in [-0.3, -0.25) is 4.79 Å². The first-order chi connectivity index (χ1) is 14.3. The molecule has 30 heavy (non-hydrogen) atoms. The second kappa shape index (κ2) is 11.1. The van der Waals surface area contributed by atoms with Crippen LogP contribution in [-0.2, 0) is 9.53 Å². The van der Waals surface area contributed by atoms with Gasteiger partial charge in [0.05, 0.1) is 39.4 Å². The van der Waals surface area contributed by atoms with Gasteiger partial charge in [0.15, 0.2) is 11.5 Å². The van der Waals surface area contributed by atoms with Crippen LogP contribution < -0.4 is 19.5 Å². The predicted molar refractivity (Wildman–Crippen MR) is 122 cm³/mol. The van der Waals surface area contributed by atoms with E-state index in [9.17, 15) is 9.59 Å². The molecule has 9 heteroatoms. The summed E-state index contributed by atoms with van der Waals surface area (Å²) in [5.74, 6) is 1.12. The number of rotatable bonds is 10. The molecule has 0 saturated carbocycles. The van der Waals surface area contributed by atoms with Gasteiger partial charge < -0.3 is 24.3 Å². The topological polar surface area (TPSA) is 83.1 Å². The van der Waals surface area contributed by atoms with Crippen LogP contribution in [0.15, 0.2) is 18.2 Å². The van der Waals surface area contributed by atoms with Crippen LogP contribution in [0, 0.1) is 0 Å². The molecule has 0 fully saturated rings. The number of thioether (sulfide) groups is 1. The summed E-state index contributed by atoms with van der Waals surface area (Å²) in [6.45, 7) is 6.03. The Kier molecular flexibility index (Phi) is 8.86. The molecule has 0 atom stereocenters. The van der Waals surface area contributed by atoms with Crippen molar-refractivity contribution in [2.45, 2.75) is 26.0 Å². The first-order valence-corrected chi connectivity index (χ1v) is 11.2. The Bertz CT molecular complexity index is 869. The van der Waals surface area contributed by atoms with Gasteiger partial charge in [-0.05, 0) is 35.9 Å². The van der Waals surface area contributed by atoms with E-state index in [-0.39, 0.29) is 12.5 Å². The highest BCUT2D eigenvalue weighted by Crippen LogP contribution is 2.44. The zero-order valence-electron chi connectivity index (χ0n) is 18.0. The highest BCUT2D eigenvalue weighted by Gasteiger charge is 2.22. The minimum atomic E-state index is -0.479. The van der Waals surface area contributed by atoms with Gasteiger partial charge >= 0.3 is 5.97 Å². The lowest BCUT2D eigenvalue weighted by Gasteiger charge is -2.13. The molecule has 7 nitrogen and oxygen atoms in total. The molecule has 164 valence electrons. The molecule has 0 aliphatic carbocycles. The Labute approximate surface area is 185 Å². The van der Waals surface area contributed by atoms with Crippen LogP contribution in [0.2, 0.25) is 0 Å². The minimum Gasteiger partial charge on any atom is -0.493 e. The van der Waals surface area contributed by atoms with E-state index in [0.29, 0.717) is 38.8 Å². The fourth-order valence-corrected chi connectivity index (χ4v) is 4.18. The Hall–Kier alpha value is -2.39. The molecular weight excluding hydrogens is 426 g/mol. The molecule has 0 bridgehead atoms. The number of anilines is 1. The van der Waals surface area contributed by atoms with Crippen molar-refractivity contribution < 1.29 is 28.5 Å². The first-order valence-electron chi connectivity index (χ1n) is 9.37. The summed E-state index contributed by atoms with van der Waals surface area (Å²) < 4.78 is 21.4. The fourth-order valence-electron chi connectivity index (χ4n) is 2.63. The van der Waals surface area contributed by atoms with Crippen molar-refractivity contribution in [3.63, 3.8) is 0 Å². The van der Waals surface area contributed by atoms with Gasteiger partial charge in [0, 0.05) is 4.88 Å². The molecule has 2 rings (SSSR count). The third-order valence-electron chi connectivity index (χ3n) is 3.96. The molecule has 0 spiro atoms. The summed E-state index contributed by atoms with van der Waals surface area (Å²) in [4.78, 5) is 25.9. The number of thiophene rings is 1. The lowest BCUT2D eigenvalue weighted by atomic mass is 10.1. The maximum absolute atomic E-state index is 12.5. The van der Waals surface area contributed by atoms with Crippen molar-refractivity contribution in [1.29, 1.82) is 0 Å². The smallest absolute Gasteiger partial charge is 0.350 e. The number of carbonyl (C=O) groups excluding carboxylic acids is 2. The number of hydrogen-bond acceptors (Lipinski definition) is 8. The van der Waals surface area contributed by atoms with Crippen LogP contribution in [0.4, 0.5) is 5.69 Å². The van der Waals surface area contributed by atoms with Crippen LogP contribution >= 0.6 is 23.1 Å². The number of benzene rings is 1. The van der Waals surface area contributed by atoms with Crippen LogP contribution in [-0.4, -0.2) is 50.8 Å².